The summed E-state index contributed by atoms with van der Waals surface area (Å²) in [6, 6.07) is 0. The number of hydrogen-bond acceptors (Lipinski definition) is 2. The summed E-state index contributed by atoms with van der Waals surface area (Å²) in [4.78, 5) is 0. The van der Waals surface area contributed by atoms with E-state index in [-0.39, 0.29) is 0 Å². The lowest BCUT2D eigenvalue weighted by Crippen LogP contribution is -2.17. The average molecular weight is 368 g/mol. The van der Waals surface area contributed by atoms with Gasteiger partial charge in [0, 0.05) is 0 Å². The number of aliphatic hydroxyl groups excluding tert-OH is 1. The van der Waals surface area contributed by atoms with Crippen LogP contribution in [0.15, 0.2) is 12.2 Å². The van der Waals surface area contributed by atoms with Crippen LogP contribution in [-0.4, -0.2) is 11.3 Å². The van der Waals surface area contributed by atoms with E-state index in [4.69, 9.17) is 10.8 Å². The zero-order chi connectivity index (χ0) is 19.1. The molecule has 0 radical (unpaired) electrons. The molecule has 156 valence electrons. The molecule has 0 rings (SSSR count). The minimum atomic E-state index is -0.606. The van der Waals surface area contributed by atoms with Gasteiger partial charge in [0.05, 0.1) is 0 Å². The molecule has 1 atom stereocenters. The van der Waals surface area contributed by atoms with Crippen molar-refractivity contribution in [3.05, 3.63) is 12.2 Å². The quantitative estimate of drug-likeness (QED) is 0.124. The van der Waals surface area contributed by atoms with Crippen LogP contribution in [0.2, 0.25) is 0 Å². The fourth-order valence-corrected chi connectivity index (χ4v) is 3.48. The van der Waals surface area contributed by atoms with Crippen LogP contribution in [0.5, 0.6) is 0 Å². The van der Waals surface area contributed by atoms with Crippen molar-refractivity contribution in [2.45, 2.75) is 142 Å². The number of hydrogen-bond donors (Lipinski definition) is 2. The van der Waals surface area contributed by atoms with Crippen molar-refractivity contribution >= 4 is 0 Å². The van der Waals surface area contributed by atoms with Gasteiger partial charge in [-0.05, 0) is 38.5 Å². The molecule has 0 spiro atoms. The monoisotopic (exact) mass is 367 g/mol. The van der Waals surface area contributed by atoms with Crippen LogP contribution >= 0.6 is 0 Å². The summed E-state index contributed by atoms with van der Waals surface area (Å²) in [5.74, 6) is 0. The third-order valence-corrected chi connectivity index (χ3v) is 5.26. The molecule has 0 aliphatic heterocycles. The van der Waals surface area contributed by atoms with E-state index < -0.39 is 6.23 Å². The summed E-state index contributed by atoms with van der Waals surface area (Å²) in [7, 11) is 0. The minimum Gasteiger partial charge on any atom is -0.379 e. The van der Waals surface area contributed by atoms with E-state index in [1.54, 1.807) is 0 Å². The first-order chi connectivity index (χ1) is 12.8. The molecular formula is C24H49NO. The van der Waals surface area contributed by atoms with Gasteiger partial charge in [0.1, 0.15) is 6.23 Å². The van der Waals surface area contributed by atoms with Crippen molar-refractivity contribution < 1.29 is 5.11 Å². The molecule has 26 heavy (non-hydrogen) atoms. The molecule has 1 unspecified atom stereocenters. The van der Waals surface area contributed by atoms with E-state index in [1.807, 2.05) is 0 Å². The van der Waals surface area contributed by atoms with E-state index in [9.17, 15) is 0 Å². The highest BCUT2D eigenvalue weighted by molar-refractivity contribution is 4.81. The second-order valence-corrected chi connectivity index (χ2v) is 8.06. The Hall–Kier alpha value is -0.340. The second-order valence-electron chi connectivity index (χ2n) is 8.06. The third kappa shape index (κ3) is 23.7. The second kappa shape index (κ2) is 22.7. The smallest absolute Gasteiger partial charge is 0.102 e. The van der Waals surface area contributed by atoms with Crippen molar-refractivity contribution in [3.8, 4) is 0 Å². The Morgan fingerprint density at radius 3 is 1.31 bits per heavy atom. The summed E-state index contributed by atoms with van der Waals surface area (Å²) in [5, 5.41) is 8.99. The highest BCUT2D eigenvalue weighted by Crippen LogP contribution is 2.13. The van der Waals surface area contributed by atoms with E-state index >= 15 is 0 Å². The standard InChI is InChI=1S/C24H49NO/c1-2-3-4-5-6-7-8-9-10-11-12-13-14-15-16-17-18-19-20-21-22-23-24(25)26/h9-10,24,26H,2-8,11-23,25H2,1H3. The maximum atomic E-state index is 8.99. The van der Waals surface area contributed by atoms with E-state index in [2.05, 4.69) is 19.1 Å². The van der Waals surface area contributed by atoms with Crippen molar-refractivity contribution in [2.75, 3.05) is 0 Å². The highest BCUT2D eigenvalue weighted by Gasteiger charge is 1.96. The lowest BCUT2D eigenvalue weighted by molar-refractivity contribution is 0.168. The van der Waals surface area contributed by atoms with Crippen LogP contribution in [-0.2, 0) is 0 Å². The lowest BCUT2D eigenvalue weighted by atomic mass is 10.0. The van der Waals surface area contributed by atoms with Gasteiger partial charge in [0.15, 0.2) is 0 Å². The molecule has 2 heteroatoms. The Morgan fingerprint density at radius 2 is 0.923 bits per heavy atom. The predicted molar refractivity (Wildman–Crippen MR) is 117 cm³/mol. The number of allylic oxidation sites excluding steroid dienone is 2. The third-order valence-electron chi connectivity index (χ3n) is 5.26. The molecule has 0 fully saturated rings. The Morgan fingerprint density at radius 1 is 0.577 bits per heavy atom. The summed E-state index contributed by atoms with van der Waals surface area (Å²) in [6.45, 7) is 2.28. The maximum absolute atomic E-state index is 8.99. The van der Waals surface area contributed by atoms with E-state index in [0.717, 1.165) is 12.8 Å². The van der Waals surface area contributed by atoms with Gasteiger partial charge in [-0.25, -0.2) is 0 Å². The van der Waals surface area contributed by atoms with E-state index in [1.165, 1.54) is 116 Å². The molecule has 0 aromatic carbocycles. The minimum absolute atomic E-state index is 0.606. The summed E-state index contributed by atoms with van der Waals surface area (Å²) >= 11 is 0. The maximum Gasteiger partial charge on any atom is 0.102 e. The van der Waals surface area contributed by atoms with Gasteiger partial charge in [0.25, 0.3) is 0 Å². The van der Waals surface area contributed by atoms with Gasteiger partial charge in [-0.2, -0.15) is 0 Å². The highest BCUT2D eigenvalue weighted by atomic mass is 16.3. The first-order valence-electron chi connectivity index (χ1n) is 11.9. The summed E-state index contributed by atoms with van der Waals surface area (Å²) in [6.07, 6.45) is 30.7. The van der Waals surface area contributed by atoms with Crippen LogP contribution in [0.25, 0.3) is 0 Å². The van der Waals surface area contributed by atoms with Crippen LogP contribution in [0, 0.1) is 0 Å². The van der Waals surface area contributed by atoms with Crippen molar-refractivity contribution in [2.24, 2.45) is 5.73 Å². The molecule has 0 aliphatic rings. The molecule has 0 aromatic rings. The Balaban J connectivity index is 3.05. The van der Waals surface area contributed by atoms with Gasteiger partial charge in [-0.15, -0.1) is 0 Å². The fourth-order valence-electron chi connectivity index (χ4n) is 3.48. The van der Waals surface area contributed by atoms with Crippen molar-refractivity contribution in [1.29, 1.82) is 0 Å². The van der Waals surface area contributed by atoms with Gasteiger partial charge in [0.2, 0.25) is 0 Å². The van der Waals surface area contributed by atoms with Gasteiger partial charge < -0.3 is 10.8 Å². The molecule has 0 aromatic heterocycles. The first kappa shape index (κ1) is 25.7. The van der Waals surface area contributed by atoms with Gasteiger partial charge >= 0.3 is 0 Å². The molecule has 0 amide bonds. The number of rotatable bonds is 21. The number of aliphatic hydroxyl groups is 1. The largest absolute Gasteiger partial charge is 0.379 e. The molecule has 2 nitrogen and oxygen atoms in total. The molecule has 0 heterocycles. The van der Waals surface area contributed by atoms with Crippen LogP contribution in [0.4, 0.5) is 0 Å². The van der Waals surface area contributed by atoms with E-state index in [0.29, 0.717) is 0 Å². The SMILES string of the molecule is CCCCCCCCC=CCCCCCCCCCCCCCC(N)O. The zero-order valence-electron chi connectivity index (χ0n) is 17.9. The molecule has 0 aliphatic carbocycles. The van der Waals surface area contributed by atoms with Gasteiger partial charge in [-0.3, -0.25) is 0 Å². The van der Waals surface area contributed by atoms with Crippen LogP contribution < -0.4 is 5.73 Å². The molecule has 0 saturated carbocycles. The molecular weight excluding hydrogens is 318 g/mol. The first-order valence-corrected chi connectivity index (χ1v) is 11.9. The van der Waals surface area contributed by atoms with Crippen molar-refractivity contribution in [1.82, 2.24) is 0 Å². The topological polar surface area (TPSA) is 46.2 Å². The predicted octanol–water partition coefficient (Wildman–Crippen LogP) is 7.64. The Kier molecular flexibility index (Phi) is 22.4. The Bertz CT molecular complexity index is 275. The number of nitrogens with two attached hydrogens (primary N) is 1. The number of unbranched alkanes of at least 4 members (excludes halogenated alkanes) is 17. The molecule has 0 saturated heterocycles. The molecule has 3 N–H and O–H groups in total. The van der Waals surface area contributed by atoms with Crippen LogP contribution in [0.1, 0.15) is 135 Å². The molecule has 0 bridgehead atoms. The van der Waals surface area contributed by atoms with Gasteiger partial charge in [-0.1, -0.05) is 109 Å². The fraction of sp³-hybridized carbons (Fsp3) is 0.917. The van der Waals surface area contributed by atoms with Crippen molar-refractivity contribution in [3.63, 3.8) is 0 Å². The average Bonchev–Trinajstić information content (AvgIpc) is 2.62. The zero-order valence-corrected chi connectivity index (χ0v) is 17.9. The summed E-state index contributed by atoms with van der Waals surface area (Å²) in [5.41, 5.74) is 5.33. The lowest BCUT2D eigenvalue weighted by Gasteiger charge is -2.04. The summed E-state index contributed by atoms with van der Waals surface area (Å²) < 4.78 is 0. The normalized spacial score (nSPS) is 12.9. The Labute approximate surface area is 165 Å². The van der Waals surface area contributed by atoms with Crippen LogP contribution in [0.3, 0.4) is 0 Å².